The SMILES string of the molecule is CCOCc1nc(N)cc(Cc2cccnc2)n1. The Morgan fingerprint density at radius 1 is 1.33 bits per heavy atom. The first-order valence-electron chi connectivity index (χ1n) is 5.87. The summed E-state index contributed by atoms with van der Waals surface area (Å²) >= 11 is 0. The predicted octanol–water partition coefficient (Wildman–Crippen LogP) is 1.58. The molecule has 18 heavy (non-hydrogen) atoms. The van der Waals surface area contributed by atoms with Crippen LogP contribution in [0.25, 0.3) is 0 Å². The molecular formula is C13H16N4O. The van der Waals surface area contributed by atoms with E-state index in [4.69, 9.17) is 10.5 Å². The average Bonchev–Trinajstić information content (AvgIpc) is 2.37. The minimum absolute atomic E-state index is 0.390. The third-order valence-electron chi connectivity index (χ3n) is 2.39. The van der Waals surface area contributed by atoms with Crippen LogP contribution in [0.3, 0.4) is 0 Å². The number of hydrogen-bond donors (Lipinski definition) is 1. The van der Waals surface area contributed by atoms with Gasteiger partial charge in [0.25, 0.3) is 0 Å². The van der Waals surface area contributed by atoms with Crippen LogP contribution >= 0.6 is 0 Å². The Balaban J connectivity index is 2.15. The van der Waals surface area contributed by atoms with Crippen LogP contribution in [0, 0.1) is 0 Å². The number of ether oxygens (including phenoxy) is 1. The molecule has 0 amide bonds. The normalized spacial score (nSPS) is 10.5. The van der Waals surface area contributed by atoms with Crippen molar-refractivity contribution in [3.63, 3.8) is 0 Å². The molecule has 2 heterocycles. The fourth-order valence-electron chi connectivity index (χ4n) is 1.64. The van der Waals surface area contributed by atoms with Crippen LogP contribution in [0.1, 0.15) is 24.0 Å². The number of nitrogens with two attached hydrogens (primary N) is 1. The van der Waals surface area contributed by atoms with E-state index in [1.807, 2.05) is 25.3 Å². The van der Waals surface area contributed by atoms with Crippen LogP contribution in [0.15, 0.2) is 30.6 Å². The third kappa shape index (κ3) is 3.49. The molecule has 2 aromatic heterocycles. The topological polar surface area (TPSA) is 73.9 Å². The van der Waals surface area contributed by atoms with Gasteiger partial charge in [-0.15, -0.1) is 0 Å². The molecule has 2 aromatic rings. The number of rotatable bonds is 5. The zero-order chi connectivity index (χ0) is 12.8. The Kier molecular flexibility index (Phi) is 4.20. The largest absolute Gasteiger partial charge is 0.384 e. The first-order valence-corrected chi connectivity index (χ1v) is 5.87. The molecule has 0 aliphatic heterocycles. The summed E-state index contributed by atoms with van der Waals surface area (Å²) in [5.74, 6) is 1.09. The van der Waals surface area contributed by atoms with Gasteiger partial charge in [-0.25, -0.2) is 9.97 Å². The molecule has 2 rings (SSSR count). The molecule has 2 N–H and O–H groups in total. The Morgan fingerprint density at radius 3 is 2.94 bits per heavy atom. The Hall–Kier alpha value is -2.01. The van der Waals surface area contributed by atoms with Crippen molar-refractivity contribution in [2.45, 2.75) is 20.0 Å². The van der Waals surface area contributed by atoms with Gasteiger partial charge >= 0.3 is 0 Å². The molecule has 0 saturated heterocycles. The van der Waals surface area contributed by atoms with Crippen LogP contribution in [-0.2, 0) is 17.8 Å². The van der Waals surface area contributed by atoms with Gasteiger partial charge in [-0.2, -0.15) is 0 Å². The zero-order valence-electron chi connectivity index (χ0n) is 10.3. The number of nitrogen functional groups attached to an aromatic ring is 1. The fourth-order valence-corrected chi connectivity index (χ4v) is 1.64. The summed E-state index contributed by atoms with van der Waals surface area (Å²) in [4.78, 5) is 12.6. The van der Waals surface area contributed by atoms with Crippen LogP contribution in [0.4, 0.5) is 5.82 Å². The number of anilines is 1. The van der Waals surface area contributed by atoms with Gasteiger partial charge in [0.15, 0.2) is 5.82 Å². The summed E-state index contributed by atoms with van der Waals surface area (Å²) in [5.41, 5.74) is 7.74. The number of nitrogens with zero attached hydrogens (tertiary/aromatic N) is 3. The lowest BCUT2D eigenvalue weighted by Crippen LogP contribution is -2.05. The van der Waals surface area contributed by atoms with Crippen molar-refractivity contribution in [2.24, 2.45) is 0 Å². The Morgan fingerprint density at radius 2 is 2.22 bits per heavy atom. The van der Waals surface area contributed by atoms with E-state index in [2.05, 4.69) is 15.0 Å². The number of hydrogen-bond acceptors (Lipinski definition) is 5. The van der Waals surface area contributed by atoms with Gasteiger partial charge < -0.3 is 10.5 Å². The summed E-state index contributed by atoms with van der Waals surface area (Å²) in [7, 11) is 0. The van der Waals surface area contributed by atoms with Gasteiger partial charge in [0, 0.05) is 31.5 Å². The minimum Gasteiger partial charge on any atom is -0.384 e. The molecule has 5 heteroatoms. The van der Waals surface area contributed by atoms with Crippen molar-refractivity contribution >= 4 is 5.82 Å². The fraction of sp³-hybridized carbons (Fsp3) is 0.308. The van der Waals surface area contributed by atoms with E-state index in [0.29, 0.717) is 31.3 Å². The van der Waals surface area contributed by atoms with E-state index in [1.165, 1.54) is 0 Å². The van der Waals surface area contributed by atoms with E-state index >= 15 is 0 Å². The maximum absolute atomic E-state index is 5.76. The lowest BCUT2D eigenvalue weighted by Gasteiger charge is -2.06. The molecule has 94 valence electrons. The molecule has 0 aliphatic carbocycles. The Bertz CT molecular complexity index is 502. The maximum atomic E-state index is 5.76. The summed E-state index contributed by atoms with van der Waals surface area (Å²) in [6.07, 6.45) is 4.26. The van der Waals surface area contributed by atoms with Gasteiger partial charge in [0.1, 0.15) is 12.4 Å². The minimum atomic E-state index is 0.390. The molecule has 0 saturated carbocycles. The molecule has 0 bridgehead atoms. The average molecular weight is 244 g/mol. The maximum Gasteiger partial charge on any atom is 0.156 e. The van der Waals surface area contributed by atoms with Crippen molar-refractivity contribution in [1.29, 1.82) is 0 Å². The zero-order valence-corrected chi connectivity index (χ0v) is 10.3. The highest BCUT2D eigenvalue weighted by molar-refractivity contribution is 5.32. The highest BCUT2D eigenvalue weighted by Crippen LogP contribution is 2.09. The molecule has 0 aromatic carbocycles. The Labute approximate surface area is 106 Å². The third-order valence-corrected chi connectivity index (χ3v) is 2.39. The highest BCUT2D eigenvalue weighted by Gasteiger charge is 2.04. The van der Waals surface area contributed by atoms with Crippen LogP contribution in [0.2, 0.25) is 0 Å². The molecule has 0 aliphatic rings. The van der Waals surface area contributed by atoms with Crippen molar-refractivity contribution in [2.75, 3.05) is 12.3 Å². The standard InChI is InChI=1S/C13H16N4O/c1-2-18-9-13-16-11(7-12(14)17-13)6-10-4-3-5-15-8-10/h3-5,7-8H,2,6,9H2,1H3,(H2,14,16,17). The van der Waals surface area contributed by atoms with Crippen molar-refractivity contribution < 1.29 is 4.74 Å². The molecule has 0 unspecified atom stereocenters. The second kappa shape index (κ2) is 6.07. The van der Waals surface area contributed by atoms with Gasteiger partial charge in [-0.05, 0) is 18.6 Å². The highest BCUT2D eigenvalue weighted by atomic mass is 16.5. The first-order chi connectivity index (χ1) is 8.78. The van der Waals surface area contributed by atoms with Crippen molar-refractivity contribution in [3.05, 3.63) is 47.7 Å². The summed E-state index contributed by atoms with van der Waals surface area (Å²) in [6.45, 7) is 2.96. The van der Waals surface area contributed by atoms with Crippen LogP contribution < -0.4 is 5.73 Å². The van der Waals surface area contributed by atoms with Crippen LogP contribution in [0.5, 0.6) is 0 Å². The van der Waals surface area contributed by atoms with Crippen LogP contribution in [-0.4, -0.2) is 21.6 Å². The molecule has 5 nitrogen and oxygen atoms in total. The van der Waals surface area contributed by atoms with E-state index in [0.717, 1.165) is 11.3 Å². The molecule has 0 radical (unpaired) electrons. The summed E-state index contributed by atoms with van der Waals surface area (Å²) in [6, 6.07) is 5.69. The van der Waals surface area contributed by atoms with E-state index in [9.17, 15) is 0 Å². The van der Waals surface area contributed by atoms with E-state index in [-0.39, 0.29) is 0 Å². The van der Waals surface area contributed by atoms with Gasteiger partial charge in [0.05, 0.1) is 5.69 Å². The lowest BCUT2D eigenvalue weighted by molar-refractivity contribution is 0.128. The summed E-state index contributed by atoms with van der Waals surface area (Å²) < 4.78 is 5.29. The molecular weight excluding hydrogens is 228 g/mol. The van der Waals surface area contributed by atoms with Crippen molar-refractivity contribution in [3.8, 4) is 0 Å². The predicted molar refractivity (Wildman–Crippen MR) is 68.8 cm³/mol. The van der Waals surface area contributed by atoms with Gasteiger partial charge in [-0.3, -0.25) is 4.98 Å². The molecule has 0 fully saturated rings. The second-order valence-corrected chi connectivity index (χ2v) is 3.88. The monoisotopic (exact) mass is 244 g/mol. The first kappa shape index (κ1) is 12.4. The lowest BCUT2D eigenvalue weighted by atomic mass is 10.1. The van der Waals surface area contributed by atoms with E-state index < -0.39 is 0 Å². The molecule has 0 atom stereocenters. The second-order valence-electron chi connectivity index (χ2n) is 3.88. The summed E-state index contributed by atoms with van der Waals surface area (Å²) in [5, 5.41) is 0. The smallest absolute Gasteiger partial charge is 0.156 e. The van der Waals surface area contributed by atoms with E-state index in [1.54, 1.807) is 12.3 Å². The molecule has 0 spiro atoms. The van der Waals surface area contributed by atoms with Gasteiger partial charge in [0.2, 0.25) is 0 Å². The van der Waals surface area contributed by atoms with Gasteiger partial charge in [-0.1, -0.05) is 6.07 Å². The number of aromatic nitrogens is 3. The quantitative estimate of drug-likeness (QED) is 0.864. The number of pyridine rings is 1. The van der Waals surface area contributed by atoms with Crippen molar-refractivity contribution in [1.82, 2.24) is 15.0 Å².